The van der Waals surface area contributed by atoms with Crippen LogP contribution >= 0.6 is 0 Å². The van der Waals surface area contributed by atoms with Crippen molar-refractivity contribution in [3.8, 4) is 34.1 Å². The molecule has 3 rings (SSSR count). The first-order valence-electron chi connectivity index (χ1n) is 11.4. The molecule has 0 atom stereocenters. The van der Waals surface area contributed by atoms with Crippen LogP contribution in [0, 0.1) is 0 Å². The third kappa shape index (κ3) is 7.48. The maximum absolute atomic E-state index is 15.0. The smallest absolute Gasteiger partial charge is 0.426 e. The zero-order valence-corrected chi connectivity index (χ0v) is 21.2. The van der Waals surface area contributed by atoms with Crippen molar-refractivity contribution in [1.29, 1.82) is 0 Å². The minimum absolute atomic E-state index is 0.0773. The van der Waals surface area contributed by atoms with Crippen LogP contribution < -0.4 is 18.9 Å². The quantitative estimate of drug-likeness (QED) is 0.166. The number of rotatable bonds is 10. The zero-order chi connectivity index (χ0) is 28.7. The Kier molecular flexibility index (Phi) is 8.77. The maximum atomic E-state index is 15.0. The number of esters is 3. The van der Waals surface area contributed by atoms with Crippen LogP contribution in [0.1, 0.15) is 19.4 Å². The lowest BCUT2D eigenvalue weighted by atomic mass is 10.0. The van der Waals surface area contributed by atoms with Gasteiger partial charge >= 0.3 is 24.0 Å². The average Bonchev–Trinajstić information content (AvgIpc) is 2.90. The molecule has 0 aliphatic rings. The molecule has 9 heteroatoms. The van der Waals surface area contributed by atoms with Crippen molar-refractivity contribution in [1.82, 2.24) is 0 Å². The van der Waals surface area contributed by atoms with Crippen LogP contribution in [0.5, 0.6) is 23.0 Å². The Labute approximate surface area is 223 Å². The monoisotopic (exact) mass is 534 g/mol. The molecule has 0 aliphatic carbocycles. The number of ether oxygens (including phenoxy) is 4. The predicted molar refractivity (Wildman–Crippen MR) is 140 cm³/mol. The summed E-state index contributed by atoms with van der Waals surface area (Å²) in [6, 6.07) is 15.2. The molecule has 0 saturated heterocycles. The Morgan fingerprint density at radius 1 is 0.718 bits per heavy atom. The molecule has 0 radical (unpaired) electrons. The number of benzene rings is 3. The Morgan fingerprint density at radius 3 is 1.77 bits per heavy atom. The highest BCUT2D eigenvalue weighted by atomic mass is 19.3. The lowest BCUT2D eigenvalue weighted by Crippen LogP contribution is -2.22. The fraction of sp³-hybridized carbons (Fsp3) is 0.100. The van der Waals surface area contributed by atoms with Gasteiger partial charge in [-0.05, 0) is 61.4 Å². The van der Waals surface area contributed by atoms with Gasteiger partial charge in [-0.1, -0.05) is 44.0 Å². The largest absolute Gasteiger partial charge is 0.429 e. The summed E-state index contributed by atoms with van der Waals surface area (Å²) in [5.41, 5.74) is 1.23. The van der Waals surface area contributed by atoms with E-state index in [0.29, 0.717) is 16.9 Å². The van der Waals surface area contributed by atoms with Gasteiger partial charge in [-0.15, -0.1) is 0 Å². The summed E-state index contributed by atoms with van der Waals surface area (Å²) in [6.07, 6.45) is -2.91. The van der Waals surface area contributed by atoms with Gasteiger partial charge in [-0.25, -0.2) is 14.4 Å². The fourth-order valence-corrected chi connectivity index (χ4v) is 3.03. The van der Waals surface area contributed by atoms with Crippen LogP contribution in [0.15, 0.2) is 104 Å². The second kappa shape index (κ2) is 12.0. The van der Waals surface area contributed by atoms with Crippen molar-refractivity contribution >= 4 is 17.9 Å². The summed E-state index contributed by atoms with van der Waals surface area (Å²) in [5, 5.41) is 0. The topological polar surface area (TPSA) is 88.1 Å². The highest BCUT2D eigenvalue weighted by Gasteiger charge is 2.35. The lowest BCUT2D eigenvalue weighted by molar-refractivity contribution is -0.185. The van der Waals surface area contributed by atoms with Crippen molar-refractivity contribution in [2.45, 2.75) is 20.0 Å². The van der Waals surface area contributed by atoms with E-state index in [-0.39, 0.29) is 28.4 Å². The standard InChI is InChI=1S/C30H24F2O7/c1-6-27(33)37-26-17-24(15-16-25(26)38-29(35)19(4)5)39-30(31,32)22-11-7-20(8-12-22)21-9-13-23(14-10-21)36-28(34)18(2)3/h6-17H,1-2,4H2,3,5H3. The molecule has 3 aromatic rings. The Morgan fingerprint density at radius 2 is 1.23 bits per heavy atom. The average molecular weight is 535 g/mol. The number of carbonyl (C=O) groups excluding carboxylic acids is 3. The van der Waals surface area contributed by atoms with Gasteiger partial charge in [-0.2, -0.15) is 8.78 Å². The molecule has 0 unspecified atom stereocenters. The van der Waals surface area contributed by atoms with Gasteiger partial charge in [0, 0.05) is 23.3 Å². The van der Waals surface area contributed by atoms with Crippen molar-refractivity contribution in [2.24, 2.45) is 0 Å². The predicted octanol–water partition coefficient (Wildman–Crippen LogP) is 6.54. The zero-order valence-electron chi connectivity index (χ0n) is 21.2. The third-order valence-electron chi connectivity index (χ3n) is 5.06. The Balaban J connectivity index is 1.79. The van der Waals surface area contributed by atoms with E-state index in [9.17, 15) is 23.2 Å². The summed E-state index contributed by atoms with van der Waals surface area (Å²) in [6.45, 7) is 13.2. The Hall–Kier alpha value is -5.05. The number of hydrogen-bond donors (Lipinski definition) is 0. The number of alkyl halides is 2. The van der Waals surface area contributed by atoms with Gasteiger partial charge < -0.3 is 18.9 Å². The van der Waals surface area contributed by atoms with E-state index in [4.69, 9.17) is 18.9 Å². The summed E-state index contributed by atoms with van der Waals surface area (Å²) >= 11 is 0. The number of halogens is 2. The summed E-state index contributed by atoms with van der Waals surface area (Å²) in [4.78, 5) is 35.2. The van der Waals surface area contributed by atoms with E-state index in [1.807, 2.05) is 0 Å². The molecule has 7 nitrogen and oxygen atoms in total. The summed E-state index contributed by atoms with van der Waals surface area (Å²) < 4.78 is 50.2. The SMILES string of the molecule is C=CC(=O)Oc1cc(OC(F)(F)c2ccc(-c3ccc(OC(=O)C(=C)C)cc3)cc2)ccc1OC(=O)C(=C)C. The first-order valence-corrected chi connectivity index (χ1v) is 11.4. The van der Waals surface area contributed by atoms with E-state index in [2.05, 4.69) is 19.7 Å². The van der Waals surface area contributed by atoms with Crippen LogP contribution in [0.3, 0.4) is 0 Å². The highest BCUT2D eigenvalue weighted by Crippen LogP contribution is 2.38. The van der Waals surface area contributed by atoms with Crippen molar-refractivity contribution < 1.29 is 42.1 Å². The molecule has 0 aliphatic heterocycles. The first kappa shape index (κ1) is 28.5. The van der Waals surface area contributed by atoms with Crippen LogP contribution in [0.2, 0.25) is 0 Å². The van der Waals surface area contributed by atoms with E-state index in [0.717, 1.165) is 24.3 Å². The first-order chi connectivity index (χ1) is 18.4. The van der Waals surface area contributed by atoms with Gasteiger partial charge in [0.05, 0.1) is 5.56 Å². The minimum Gasteiger partial charge on any atom is -0.429 e. The lowest BCUT2D eigenvalue weighted by Gasteiger charge is -2.19. The van der Waals surface area contributed by atoms with E-state index in [1.54, 1.807) is 24.3 Å². The fourth-order valence-electron chi connectivity index (χ4n) is 3.03. The third-order valence-corrected chi connectivity index (χ3v) is 5.06. The Bertz CT molecular complexity index is 1440. The second-order valence-electron chi connectivity index (χ2n) is 8.29. The van der Waals surface area contributed by atoms with Gasteiger partial charge in [0.2, 0.25) is 0 Å². The van der Waals surface area contributed by atoms with Crippen molar-refractivity contribution in [3.63, 3.8) is 0 Å². The molecule has 3 aromatic carbocycles. The van der Waals surface area contributed by atoms with E-state index < -0.39 is 29.6 Å². The van der Waals surface area contributed by atoms with Crippen LogP contribution in [-0.2, 0) is 20.5 Å². The summed E-state index contributed by atoms with van der Waals surface area (Å²) in [5.74, 6) is -2.80. The van der Waals surface area contributed by atoms with Crippen LogP contribution in [-0.4, -0.2) is 17.9 Å². The van der Waals surface area contributed by atoms with Gasteiger partial charge in [0.15, 0.2) is 11.5 Å². The number of carbonyl (C=O) groups is 3. The normalized spacial score (nSPS) is 10.7. The maximum Gasteiger partial charge on any atom is 0.426 e. The molecule has 39 heavy (non-hydrogen) atoms. The molecule has 0 aromatic heterocycles. The molecular formula is C30H24F2O7. The van der Waals surface area contributed by atoms with Gasteiger partial charge in [0.1, 0.15) is 11.5 Å². The molecular weight excluding hydrogens is 510 g/mol. The minimum atomic E-state index is -3.77. The molecule has 0 amide bonds. The molecule has 0 bridgehead atoms. The molecule has 0 N–H and O–H groups in total. The van der Waals surface area contributed by atoms with E-state index >= 15 is 0 Å². The number of hydrogen-bond acceptors (Lipinski definition) is 7. The van der Waals surface area contributed by atoms with Gasteiger partial charge in [-0.3, -0.25) is 0 Å². The van der Waals surface area contributed by atoms with Gasteiger partial charge in [0.25, 0.3) is 0 Å². The van der Waals surface area contributed by atoms with E-state index in [1.165, 1.54) is 38.1 Å². The van der Waals surface area contributed by atoms with Crippen LogP contribution in [0.25, 0.3) is 11.1 Å². The van der Waals surface area contributed by atoms with Crippen LogP contribution in [0.4, 0.5) is 8.78 Å². The summed E-state index contributed by atoms with van der Waals surface area (Å²) in [7, 11) is 0. The van der Waals surface area contributed by atoms with Crippen molar-refractivity contribution in [2.75, 3.05) is 0 Å². The molecule has 0 fully saturated rings. The highest BCUT2D eigenvalue weighted by molar-refractivity contribution is 5.90. The second-order valence-corrected chi connectivity index (χ2v) is 8.29. The molecule has 0 saturated carbocycles. The van der Waals surface area contributed by atoms with Crippen molar-refractivity contribution in [3.05, 3.63) is 109 Å². The molecule has 0 spiro atoms. The molecule has 200 valence electrons. The molecule has 0 heterocycles.